The van der Waals surface area contributed by atoms with Gasteiger partial charge in [0.15, 0.2) is 0 Å². The van der Waals surface area contributed by atoms with Crippen LogP contribution in [0.15, 0.2) is 66.5 Å². The number of fused-ring (bicyclic) bond motifs is 1. The third-order valence-corrected chi connectivity index (χ3v) is 4.20. The van der Waals surface area contributed by atoms with E-state index in [1.54, 1.807) is 30.5 Å². The average molecular weight is 345 g/mol. The van der Waals surface area contributed by atoms with Crippen molar-refractivity contribution in [2.45, 2.75) is 0 Å². The summed E-state index contributed by atoms with van der Waals surface area (Å²) in [5.74, 6) is -0.429. The Bertz CT molecular complexity index is 1070. The Morgan fingerprint density at radius 1 is 0.962 bits per heavy atom. The number of carbonyl (C=O) groups excluding carboxylic acids is 2. The Labute approximate surface area is 149 Å². The standard InChI is InChI=1S/C20H15N3O3/c1-26-15-10-3-2-8-13(15)16-18(20(25)23-19(16)24)22-14-9-4-6-12-7-5-11-21-17(12)14/h2-11H,1H3,(H2,22,23,24,25). The first-order valence-electron chi connectivity index (χ1n) is 8.03. The van der Waals surface area contributed by atoms with Gasteiger partial charge in [-0.05, 0) is 18.2 Å². The lowest BCUT2D eigenvalue weighted by Gasteiger charge is -2.12. The third kappa shape index (κ3) is 2.57. The van der Waals surface area contributed by atoms with Gasteiger partial charge in [-0.25, -0.2) is 0 Å². The van der Waals surface area contributed by atoms with E-state index in [4.69, 9.17) is 4.74 Å². The van der Waals surface area contributed by atoms with Gasteiger partial charge < -0.3 is 10.1 Å². The van der Waals surface area contributed by atoms with E-state index in [2.05, 4.69) is 15.6 Å². The van der Waals surface area contributed by atoms with Gasteiger partial charge in [-0.3, -0.25) is 19.9 Å². The van der Waals surface area contributed by atoms with Crippen molar-refractivity contribution in [3.8, 4) is 5.75 Å². The zero-order chi connectivity index (χ0) is 18.1. The van der Waals surface area contributed by atoms with E-state index in [-0.39, 0.29) is 11.3 Å². The number of anilines is 1. The monoisotopic (exact) mass is 345 g/mol. The quantitative estimate of drug-likeness (QED) is 0.711. The Morgan fingerprint density at radius 2 is 1.77 bits per heavy atom. The molecule has 1 aromatic heterocycles. The second-order valence-corrected chi connectivity index (χ2v) is 5.74. The molecule has 26 heavy (non-hydrogen) atoms. The van der Waals surface area contributed by atoms with Gasteiger partial charge in [0.05, 0.1) is 23.9 Å². The van der Waals surface area contributed by atoms with Crippen LogP contribution in [-0.4, -0.2) is 23.9 Å². The molecule has 2 amide bonds. The topological polar surface area (TPSA) is 80.3 Å². The predicted octanol–water partition coefficient (Wildman–Crippen LogP) is 2.72. The lowest BCUT2D eigenvalue weighted by atomic mass is 10.0. The van der Waals surface area contributed by atoms with Crippen LogP contribution in [0, 0.1) is 0 Å². The minimum absolute atomic E-state index is 0.178. The smallest absolute Gasteiger partial charge is 0.275 e. The molecule has 0 spiro atoms. The highest BCUT2D eigenvalue weighted by Crippen LogP contribution is 2.32. The maximum absolute atomic E-state index is 12.4. The molecule has 0 aliphatic carbocycles. The van der Waals surface area contributed by atoms with Crippen LogP contribution in [0.2, 0.25) is 0 Å². The molecule has 1 aliphatic rings. The van der Waals surface area contributed by atoms with E-state index >= 15 is 0 Å². The summed E-state index contributed by atoms with van der Waals surface area (Å²) in [6, 6.07) is 16.5. The largest absolute Gasteiger partial charge is 0.496 e. The highest BCUT2D eigenvalue weighted by molar-refractivity contribution is 6.37. The Hall–Kier alpha value is -3.67. The molecule has 0 atom stereocenters. The number of aromatic nitrogens is 1. The summed E-state index contributed by atoms with van der Waals surface area (Å²) in [5.41, 5.74) is 2.34. The van der Waals surface area contributed by atoms with Crippen molar-refractivity contribution >= 4 is 34.0 Å². The Kier molecular flexibility index (Phi) is 3.85. The molecule has 0 bridgehead atoms. The summed E-state index contributed by atoms with van der Waals surface area (Å²) in [4.78, 5) is 29.2. The zero-order valence-corrected chi connectivity index (χ0v) is 13.9. The SMILES string of the molecule is COc1ccccc1C1=C(Nc2cccc3cccnc23)C(=O)NC1=O. The van der Waals surface area contributed by atoms with Gasteiger partial charge in [0.1, 0.15) is 11.4 Å². The molecule has 6 heteroatoms. The highest BCUT2D eigenvalue weighted by Gasteiger charge is 2.33. The summed E-state index contributed by atoms with van der Waals surface area (Å²) in [7, 11) is 1.52. The molecule has 2 N–H and O–H groups in total. The van der Waals surface area contributed by atoms with Gasteiger partial charge in [-0.2, -0.15) is 0 Å². The second-order valence-electron chi connectivity index (χ2n) is 5.74. The van der Waals surface area contributed by atoms with Crippen LogP contribution in [0.5, 0.6) is 5.75 Å². The van der Waals surface area contributed by atoms with Crippen LogP contribution >= 0.6 is 0 Å². The summed E-state index contributed by atoms with van der Waals surface area (Å²) in [6.07, 6.45) is 1.68. The van der Waals surface area contributed by atoms with E-state index in [0.29, 0.717) is 22.5 Å². The second kappa shape index (κ2) is 6.33. The Morgan fingerprint density at radius 3 is 2.62 bits per heavy atom. The van der Waals surface area contributed by atoms with E-state index in [9.17, 15) is 9.59 Å². The third-order valence-electron chi connectivity index (χ3n) is 4.20. The van der Waals surface area contributed by atoms with E-state index in [0.717, 1.165) is 5.39 Å². The number of benzene rings is 2. The van der Waals surface area contributed by atoms with E-state index < -0.39 is 11.8 Å². The van der Waals surface area contributed by atoms with Crippen molar-refractivity contribution in [1.29, 1.82) is 0 Å². The molecule has 6 nitrogen and oxygen atoms in total. The van der Waals surface area contributed by atoms with Crippen molar-refractivity contribution in [1.82, 2.24) is 10.3 Å². The van der Waals surface area contributed by atoms with Crippen LogP contribution in [0.3, 0.4) is 0 Å². The number of amides is 2. The number of para-hydroxylation sites is 2. The van der Waals surface area contributed by atoms with Crippen molar-refractivity contribution in [2.24, 2.45) is 0 Å². The normalized spacial score (nSPS) is 13.9. The van der Waals surface area contributed by atoms with Gasteiger partial charge in [-0.1, -0.05) is 36.4 Å². The van der Waals surface area contributed by atoms with Crippen molar-refractivity contribution < 1.29 is 14.3 Å². The molecule has 0 fully saturated rings. The van der Waals surface area contributed by atoms with Gasteiger partial charge in [-0.15, -0.1) is 0 Å². The number of nitrogens with one attached hydrogen (secondary N) is 2. The van der Waals surface area contributed by atoms with Gasteiger partial charge >= 0.3 is 0 Å². The van der Waals surface area contributed by atoms with Gasteiger partial charge in [0, 0.05) is 17.1 Å². The molecule has 3 aromatic rings. The molecular weight excluding hydrogens is 330 g/mol. The minimum Gasteiger partial charge on any atom is -0.496 e. The summed E-state index contributed by atoms with van der Waals surface area (Å²) < 4.78 is 5.34. The van der Waals surface area contributed by atoms with Crippen LogP contribution in [0.25, 0.3) is 16.5 Å². The lowest BCUT2D eigenvalue weighted by molar-refractivity contribution is -0.123. The van der Waals surface area contributed by atoms with E-state index in [1.807, 2.05) is 30.3 Å². The number of hydrogen-bond acceptors (Lipinski definition) is 5. The fraction of sp³-hybridized carbons (Fsp3) is 0.0500. The van der Waals surface area contributed by atoms with Crippen molar-refractivity contribution in [2.75, 3.05) is 12.4 Å². The average Bonchev–Trinajstić information content (AvgIpc) is 2.95. The first-order chi connectivity index (χ1) is 12.7. The molecular formula is C20H15N3O3. The molecule has 4 rings (SSSR count). The number of pyridine rings is 1. The van der Waals surface area contributed by atoms with Gasteiger partial charge in [0.25, 0.3) is 11.8 Å². The van der Waals surface area contributed by atoms with Crippen LogP contribution in [0.4, 0.5) is 5.69 Å². The molecule has 0 unspecified atom stereocenters. The molecule has 0 saturated heterocycles. The summed E-state index contributed by atoms with van der Waals surface area (Å²) >= 11 is 0. The maximum atomic E-state index is 12.4. The maximum Gasteiger partial charge on any atom is 0.275 e. The number of carbonyl (C=O) groups is 2. The number of nitrogens with zero attached hydrogens (tertiary/aromatic N) is 1. The first kappa shape index (κ1) is 15.8. The summed E-state index contributed by atoms with van der Waals surface area (Å²) in [5, 5.41) is 6.37. The number of rotatable bonds is 4. The fourth-order valence-corrected chi connectivity index (χ4v) is 3.02. The molecule has 1 aliphatic heterocycles. The fourth-order valence-electron chi connectivity index (χ4n) is 3.02. The predicted molar refractivity (Wildman–Crippen MR) is 98.4 cm³/mol. The lowest BCUT2D eigenvalue weighted by Crippen LogP contribution is -2.24. The number of imide groups is 1. The molecule has 128 valence electrons. The zero-order valence-electron chi connectivity index (χ0n) is 13.9. The molecule has 2 heterocycles. The number of methoxy groups -OCH3 is 1. The van der Waals surface area contributed by atoms with Gasteiger partial charge in [0.2, 0.25) is 0 Å². The molecule has 0 radical (unpaired) electrons. The van der Waals surface area contributed by atoms with Crippen LogP contribution in [-0.2, 0) is 9.59 Å². The molecule has 2 aromatic carbocycles. The van der Waals surface area contributed by atoms with Crippen LogP contribution in [0.1, 0.15) is 5.56 Å². The van der Waals surface area contributed by atoms with Crippen molar-refractivity contribution in [3.63, 3.8) is 0 Å². The Balaban J connectivity index is 1.87. The molecule has 0 saturated carbocycles. The minimum atomic E-state index is -0.483. The number of ether oxygens (including phenoxy) is 1. The summed E-state index contributed by atoms with van der Waals surface area (Å²) in [6.45, 7) is 0. The number of hydrogen-bond donors (Lipinski definition) is 2. The highest BCUT2D eigenvalue weighted by atomic mass is 16.5. The first-order valence-corrected chi connectivity index (χ1v) is 8.03. The van der Waals surface area contributed by atoms with Crippen molar-refractivity contribution in [3.05, 3.63) is 72.1 Å². The van der Waals surface area contributed by atoms with E-state index in [1.165, 1.54) is 7.11 Å². The van der Waals surface area contributed by atoms with Crippen LogP contribution < -0.4 is 15.4 Å².